The first kappa shape index (κ1) is 17.3. The summed E-state index contributed by atoms with van der Waals surface area (Å²) in [4.78, 5) is 13.4. The number of benzene rings is 1. The van der Waals surface area contributed by atoms with E-state index < -0.39 is 23.3 Å². The minimum absolute atomic E-state index is 0.0111. The molecular formula is C13H18F3N3O2. The fourth-order valence-electron chi connectivity index (χ4n) is 1.77. The molecule has 0 fully saturated rings. The third kappa shape index (κ3) is 5.24. The van der Waals surface area contributed by atoms with Gasteiger partial charge in [-0.05, 0) is 24.7 Å². The second-order valence-electron chi connectivity index (χ2n) is 4.44. The number of nitrogens with two attached hydrogens (primary N) is 1. The summed E-state index contributed by atoms with van der Waals surface area (Å²) in [5, 5.41) is 11.2. The van der Waals surface area contributed by atoms with E-state index in [1.54, 1.807) is 4.90 Å². The third-order valence-corrected chi connectivity index (χ3v) is 2.87. The molecule has 0 atom stereocenters. The van der Waals surface area contributed by atoms with Crippen LogP contribution in [0.15, 0.2) is 18.2 Å². The van der Waals surface area contributed by atoms with Gasteiger partial charge in [0.15, 0.2) is 0 Å². The highest BCUT2D eigenvalue weighted by Gasteiger charge is 2.33. The van der Waals surface area contributed by atoms with E-state index >= 15 is 0 Å². The highest BCUT2D eigenvalue weighted by molar-refractivity contribution is 5.92. The van der Waals surface area contributed by atoms with Crippen molar-refractivity contribution in [2.75, 3.05) is 37.3 Å². The molecule has 0 aromatic heterocycles. The zero-order valence-corrected chi connectivity index (χ0v) is 11.6. The number of carbonyl (C=O) groups is 1. The molecular weight excluding hydrogens is 287 g/mol. The Morgan fingerprint density at radius 2 is 2.10 bits per heavy atom. The summed E-state index contributed by atoms with van der Waals surface area (Å²) in [5.41, 5.74) is 3.93. The van der Waals surface area contributed by atoms with Crippen molar-refractivity contribution in [1.29, 1.82) is 0 Å². The molecule has 0 spiro atoms. The summed E-state index contributed by atoms with van der Waals surface area (Å²) in [6.45, 7) is 2.57. The van der Waals surface area contributed by atoms with E-state index in [4.69, 9.17) is 10.8 Å². The first-order valence-electron chi connectivity index (χ1n) is 6.37. The topological polar surface area (TPSA) is 78.6 Å². The fraction of sp³-hybridized carbons (Fsp3) is 0.462. The largest absolute Gasteiger partial charge is 0.418 e. The number of alkyl halides is 3. The molecule has 0 aliphatic carbocycles. The number of amides is 1. The van der Waals surface area contributed by atoms with Gasteiger partial charge in [0.25, 0.3) is 0 Å². The third-order valence-electron chi connectivity index (χ3n) is 2.87. The lowest BCUT2D eigenvalue weighted by Crippen LogP contribution is -2.35. The van der Waals surface area contributed by atoms with Crippen molar-refractivity contribution in [2.45, 2.75) is 13.1 Å². The summed E-state index contributed by atoms with van der Waals surface area (Å²) >= 11 is 0. The van der Waals surface area contributed by atoms with Crippen LogP contribution in [0.4, 0.5) is 24.5 Å². The summed E-state index contributed by atoms with van der Waals surface area (Å²) in [6.07, 6.45) is -4.57. The predicted octanol–water partition coefficient (Wildman–Crippen LogP) is 1.54. The predicted molar refractivity (Wildman–Crippen MR) is 73.7 cm³/mol. The molecule has 0 bridgehead atoms. The Bertz CT molecular complexity index is 492. The van der Waals surface area contributed by atoms with E-state index in [9.17, 15) is 18.0 Å². The molecule has 118 valence electrons. The quantitative estimate of drug-likeness (QED) is 0.697. The van der Waals surface area contributed by atoms with Crippen LogP contribution in [0.1, 0.15) is 12.5 Å². The molecule has 0 aliphatic heterocycles. The SMILES string of the molecule is CCN(CCO)CC(=O)Nc1ccc(N)c(C(F)(F)F)c1. The summed E-state index contributed by atoms with van der Waals surface area (Å²) in [6, 6.07) is 3.21. The number of nitrogens with zero attached hydrogens (tertiary/aromatic N) is 1. The first-order valence-corrected chi connectivity index (χ1v) is 6.37. The number of hydrogen-bond donors (Lipinski definition) is 3. The Morgan fingerprint density at radius 3 is 2.62 bits per heavy atom. The molecule has 4 N–H and O–H groups in total. The Morgan fingerprint density at radius 1 is 1.43 bits per heavy atom. The highest BCUT2D eigenvalue weighted by Crippen LogP contribution is 2.35. The number of aliphatic hydroxyl groups is 1. The zero-order chi connectivity index (χ0) is 16.0. The molecule has 8 heteroatoms. The van der Waals surface area contributed by atoms with Crippen molar-refractivity contribution < 1.29 is 23.1 Å². The van der Waals surface area contributed by atoms with Crippen LogP contribution in [-0.2, 0) is 11.0 Å². The van der Waals surface area contributed by atoms with Gasteiger partial charge in [-0.25, -0.2) is 0 Å². The van der Waals surface area contributed by atoms with Crippen molar-refractivity contribution in [3.8, 4) is 0 Å². The standard InChI is InChI=1S/C13H18F3N3O2/c1-2-19(5-6-20)8-12(21)18-9-3-4-11(17)10(7-9)13(14,15)16/h3-4,7,20H,2,5-6,8,17H2,1H3,(H,18,21). The Kier molecular flexibility index (Phi) is 5.98. The van der Waals surface area contributed by atoms with Gasteiger partial charge in [-0.3, -0.25) is 9.69 Å². The Labute approximate surface area is 120 Å². The summed E-state index contributed by atoms with van der Waals surface area (Å²) in [5.74, 6) is -0.455. The van der Waals surface area contributed by atoms with E-state index in [0.29, 0.717) is 13.1 Å². The zero-order valence-electron chi connectivity index (χ0n) is 11.6. The maximum absolute atomic E-state index is 12.7. The number of carbonyl (C=O) groups excluding carboxylic acids is 1. The second kappa shape index (κ2) is 7.28. The van der Waals surface area contributed by atoms with E-state index in [1.165, 1.54) is 6.07 Å². The maximum atomic E-state index is 12.7. The van der Waals surface area contributed by atoms with Gasteiger partial charge in [-0.1, -0.05) is 6.92 Å². The van der Waals surface area contributed by atoms with Gasteiger partial charge >= 0.3 is 6.18 Å². The van der Waals surface area contributed by atoms with Gasteiger partial charge in [-0.2, -0.15) is 13.2 Å². The van der Waals surface area contributed by atoms with Gasteiger partial charge in [0.2, 0.25) is 5.91 Å². The van der Waals surface area contributed by atoms with Crippen molar-refractivity contribution in [1.82, 2.24) is 4.90 Å². The lowest BCUT2D eigenvalue weighted by molar-refractivity contribution is -0.137. The molecule has 0 saturated heterocycles. The fourth-order valence-corrected chi connectivity index (χ4v) is 1.77. The molecule has 0 saturated carbocycles. The first-order chi connectivity index (χ1) is 9.77. The van der Waals surface area contributed by atoms with E-state index in [1.807, 2.05) is 6.92 Å². The number of rotatable bonds is 6. The van der Waals surface area contributed by atoms with E-state index in [2.05, 4.69) is 5.32 Å². The number of aliphatic hydroxyl groups excluding tert-OH is 1. The molecule has 1 rings (SSSR count). The van der Waals surface area contributed by atoms with E-state index in [-0.39, 0.29) is 18.8 Å². The summed E-state index contributed by atoms with van der Waals surface area (Å²) in [7, 11) is 0. The molecule has 1 aromatic rings. The number of likely N-dealkylation sites (N-methyl/N-ethyl adjacent to an activating group) is 1. The van der Waals surface area contributed by atoms with Crippen LogP contribution in [0.2, 0.25) is 0 Å². The molecule has 1 amide bonds. The van der Waals surface area contributed by atoms with Gasteiger partial charge in [0.1, 0.15) is 0 Å². The highest BCUT2D eigenvalue weighted by atomic mass is 19.4. The minimum Gasteiger partial charge on any atom is -0.398 e. The number of halogens is 3. The van der Waals surface area contributed by atoms with Crippen LogP contribution in [-0.4, -0.2) is 42.2 Å². The van der Waals surface area contributed by atoms with Crippen molar-refractivity contribution in [3.63, 3.8) is 0 Å². The molecule has 0 heterocycles. The Balaban J connectivity index is 2.77. The molecule has 21 heavy (non-hydrogen) atoms. The van der Waals surface area contributed by atoms with Gasteiger partial charge < -0.3 is 16.2 Å². The molecule has 0 radical (unpaired) electrons. The Hall–Kier alpha value is -1.80. The number of nitrogen functional groups attached to an aromatic ring is 1. The maximum Gasteiger partial charge on any atom is 0.418 e. The molecule has 1 aromatic carbocycles. The number of nitrogens with one attached hydrogen (secondary N) is 1. The van der Waals surface area contributed by atoms with Crippen LogP contribution in [0.5, 0.6) is 0 Å². The van der Waals surface area contributed by atoms with Crippen LogP contribution < -0.4 is 11.1 Å². The van der Waals surface area contributed by atoms with Crippen LogP contribution in [0, 0.1) is 0 Å². The van der Waals surface area contributed by atoms with Crippen molar-refractivity contribution >= 4 is 17.3 Å². The smallest absolute Gasteiger partial charge is 0.398 e. The normalized spacial score (nSPS) is 11.7. The van der Waals surface area contributed by atoms with Crippen LogP contribution in [0.25, 0.3) is 0 Å². The van der Waals surface area contributed by atoms with E-state index in [0.717, 1.165) is 12.1 Å². The van der Waals surface area contributed by atoms with Crippen LogP contribution >= 0.6 is 0 Å². The lowest BCUT2D eigenvalue weighted by atomic mass is 10.1. The average Bonchev–Trinajstić information content (AvgIpc) is 2.39. The lowest BCUT2D eigenvalue weighted by Gasteiger charge is -2.18. The van der Waals surface area contributed by atoms with Crippen LogP contribution in [0.3, 0.4) is 0 Å². The number of anilines is 2. The second-order valence-corrected chi connectivity index (χ2v) is 4.44. The molecule has 0 aliphatic rings. The monoisotopic (exact) mass is 305 g/mol. The van der Waals surface area contributed by atoms with Gasteiger partial charge in [-0.15, -0.1) is 0 Å². The van der Waals surface area contributed by atoms with Crippen molar-refractivity contribution in [3.05, 3.63) is 23.8 Å². The number of hydrogen-bond acceptors (Lipinski definition) is 4. The molecule has 0 unspecified atom stereocenters. The molecule has 5 nitrogen and oxygen atoms in total. The van der Waals surface area contributed by atoms with Crippen molar-refractivity contribution in [2.24, 2.45) is 0 Å². The van der Waals surface area contributed by atoms with Gasteiger partial charge in [0.05, 0.1) is 18.7 Å². The average molecular weight is 305 g/mol. The minimum atomic E-state index is -4.57. The van der Waals surface area contributed by atoms with Gasteiger partial charge in [0, 0.05) is 17.9 Å². The summed E-state index contributed by atoms with van der Waals surface area (Å²) < 4.78 is 38.1.